The number of carbonyl (C=O) groups is 3. The number of esters is 1. The number of benzene rings is 1. The fraction of sp³-hybridized carbons (Fsp3) is 0.474. The largest absolute Gasteiger partial charge is 0.462 e. The number of amides is 2. The van der Waals surface area contributed by atoms with Crippen LogP contribution in [0.15, 0.2) is 30.3 Å². The van der Waals surface area contributed by atoms with Gasteiger partial charge in [0.1, 0.15) is 6.10 Å². The number of nitrogens with one attached hydrogen (secondary N) is 1. The van der Waals surface area contributed by atoms with Gasteiger partial charge in [-0.2, -0.15) is 0 Å². The topological polar surface area (TPSA) is 75.7 Å². The van der Waals surface area contributed by atoms with Gasteiger partial charge in [-0.05, 0) is 43.5 Å². The number of thiocarbonyl (C=S) groups is 1. The number of carbonyl (C=O) groups excluding carboxylic acids is 3. The van der Waals surface area contributed by atoms with Crippen LogP contribution in [-0.4, -0.2) is 40.9 Å². The Morgan fingerprint density at radius 2 is 1.88 bits per heavy atom. The van der Waals surface area contributed by atoms with Gasteiger partial charge >= 0.3 is 5.97 Å². The van der Waals surface area contributed by atoms with Gasteiger partial charge < -0.3 is 10.1 Å². The van der Waals surface area contributed by atoms with Crippen LogP contribution < -0.4 is 5.32 Å². The molecule has 6 nitrogen and oxygen atoms in total. The monoisotopic (exact) mass is 374 g/mol. The molecule has 3 rings (SSSR count). The molecule has 1 aromatic carbocycles. The van der Waals surface area contributed by atoms with E-state index in [2.05, 4.69) is 5.32 Å². The van der Waals surface area contributed by atoms with E-state index in [1.165, 1.54) is 11.9 Å². The van der Waals surface area contributed by atoms with E-state index in [0.29, 0.717) is 5.56 Å². The predicted molar refractivity (Wildman–Crippen MR) is 99.2 cm³/mol. The Kier molecular flexibility index (Phi) is 5.36. The minimum absolute atomic E-state index is 0.0344. The lowest BCUT2D eigenvalue weighted by Crippen LogP contribution is -2.65. The molecule has 1 aliphatic heterocycles. The van der Waals surface area contributed by atoms with Crippen LogP contribution >= 0.6 is 12.2 Å². The smallest absolute Gasteiger partial charge is 0.308 e. The second-order valence-corrected chi connectivity index (χ2v) is 7.21. The van der Waals surface area contributed by atoms with E-state index in [4.69, 9.17) is 17.0 Å². The lowest BCUT2D eigenvalue weighted by molar-refractivity contribution is -0.158. The normalized spacial score (nSPS) is 24.3. The van der Waals surface area contributed by atoms with E-state index in [1.54, 1.807) is 30.3 Å². The molecule has 1 heterocycles. The SMILES string of the molecule is CN1C(=O)C(CC(=O)OC2CCCCC2)(c2ccccc2)C(=O)NC1=S. The molecule has 2 fully saturated rings. The fourth-order valence-corrected chi connectivity index (χ4v) is 3.80. The Morgan fingerprint density at radius 3 is 2.54 bits per heavy atom. The van der Waals surface area contributed by atoms with Crippen LogP contribution in [0.2, 0.25) is 0 Å². The molecule has 1 saturated heterocycles. The van der Waals surface area contributed by atoms with Gasteiger partial charge in [-0.1, -0.05) is 36.8 Å². The molecule has 1 aromatic rings. The summed E-state index contributed by atoms with van der Waals surface area (Å²) in [6.45, 7) is 0. The Hall–Kier alpha value is -2.28. The zero-order valence-corrected chi connectivity index (χ0v) is 15.5. The van der Waals surface area contributed by atoms with Gasteiger partial charge in [0.25, 0.3) is 0 Å². The average Bonchev–Trinajstić information content (AvgIpc) is 2.65. The molecule has 2 aliphatic rings. The summed E-state index contributed by atoms with van der Waals surface area (Å²) in [6.07, 6.45) is 4.37. The summed E-state index contributed by atoms with van der Waals surface area (Å²) in [5, 5.41) is 2.58. The van der Waals surface area contributed by atoms with Crippen LogP contribution in [0.5, 0.6) is 0 Å². The third-order valence-corrected chi connectivity index (χ3v) is 5.48. The lowest BCUT2D eigenvalue weighted by atomic mass is 9.74. The number of hydrogen-bond acceptors (Lipinski definition) is 5. The van der Waals surface area contributed by atoms with Crippen LogP contribution in [0.3, 0.4) is 0 Å². The van der Waals surface area contributed by atoms with Gasteiger partial charge in [-0.15, -0.1) is 0 Å². The van der Waals surface area contributed by atoms with Gasteiger partial charge in [0, 0.05) is 7.05 Å². The van der Waals surface area contributed by atoms with Gasteiger partial charge in [0.15, 0.2) is 10.5 Å². The zero-order valence-electron chi connectivity index (χ0n) is 14.7. The van der Waals surface area contributed by atoms with Crippen molar-refractivity contribution in [3.63, 3.8) is 0 Å². The van der Waals surface area contributed by atoms with Gasteiger partial charge in [-0.25, -0.2) is 0 Å². The molecule has 26 heavy (non-hydrogen) atoms. The van der Waals surface area contributed by atoms with Crippen molar-refractivity contribution in [2.45, 2.75) is 50.0 Å². The molecule has 2 amide bonds. The highest BCUT2D eigenvalue weighted by Gasteiger charge is 2.54. The molecule has 1 atom stereocenters. The number of rotatable bonds is 4. The highest BCUT2D eigenvalue weighted by atomic mass is 32.1. The maximum atomic E-state index is 13.1. The highest BCUT2D eigenvalue weighted by Crippen LogP contribution is 2.34. The zero-order chi connectivity index (χ0) is 18.7. The molecular weight excluding hydrogens is 352 g/mol. The summed E-state index contributed by atoms with van der Waals surface area (Å²) in [7, 11) is 1.49. The molecule has 0 spiro atoms. The molecule has 0 radical (unpaired) electrons. The first-order chi connectivity index (χ1) is 12.4. The second kappa shape index (κ2) is 7.53. The maximum Gasteiger partial charge on any atom is 0.308 e. The highest BCUT2D eigenvalue weighted by molar-refractivity contribution is 7.80. The van der Waals surface area contributed by atoms with Gasteiger partial charge in [-0.3, -0.25) is 19.3 Å². The quantitative estimate of drug-likeness (QED) is 0.496. The van der Waals surface area contributed by atoms with E-state index in [1.807, 2.05) is 0 Å². The first-order valence-corrected chi connectivity index (χ1v) is 9.24. The molecular formula is C19H22N2O4S. The molecule has 7 heteroatoms. The van der Waals surface area contributed by atoms with Crippen LogP contribution in [0.4, 0.5) is 0 Å². The third kappa shape index (κ3) is 3.35. The van der Waals surface area contributed by atoms with E-state index in [-0.39, 0.29) is 17.6 Å². The summed E-state index contributed by atoms with van der Waals surface area (Å²) in [4.78, 5) is 39.8. The minimum atomic E-state index is -1.66. The van der Waals surface area contributed by atoms with Gasteiger partial charge in [0.2, 0.25) is 11.8 Å². The van der Waals surface area contributed by atoms with Crippen LogP contribution in [0.1, 0.15) is 44.1 Å². The van der Waals surface area contributed by atoms with Crippen molar-refractivity contribution >= 4 is 35.1 Å². The Balaban J connectivity index is 1.91. The lowest BCUT2D eigenvalue weighted by Gasteiger charge is -2.39. The molecule has 138 valence electrons. The van der Waals surface area contributed by atoms with Crippen molar-refractivity contribution in [3.05, 3.63) is 35.9 Å². The fourth-order valence-electron chi connectivity index (χ4n) is 3.63. The summed E-state index contributed by atoms with van der Waals surface area (Å²) in [5.41, 5.74) is -1.21. The predicted octanol–water partition coefficient (Wildman–Crippen LogP) is 2.06. The summed E-state index contributed by atoms with van der Waals surface area (Å²) in [6, 6.07) is 8.60. The number of likely N-dealkylation sites (N-methyl/N-ethyl adjacent to an activating group) is 1. The third-order valence-electron chi connectivity index (χ3n) is 5.11. The van der Waals surface area contributed by atoms with Crippen molar-refractivity contribution < 1.29 is 19.1 Å². The van der Waals surface area contributed by atoms with E-state index >= 15 is 0 Å². The molecule has 1 saturated carbocycles. The standard InChI is InChI=1S/C19H22N2O4S/c1-21-17(24)19(16(23)20-18(21)26,13-8-4-2-5-9-13)12-15(22)25-14-10-6-3-7-11-14/h2,4-5,8-9,14H,3,6-7,10-12H2,1H3,(H,20,23,26). The molecule has 0 bridgehead atoms. The summed E-state index contributed by atoms with van der Waals surface area (Å²) < 4.78 is 5.58. The summed E-state index contributed by atoms with van der Waals surface area (Å²) >= 11 is 5.04. The maximum absolute atomic E-state index is 13.1. The Morgan fingerprint density at radius 1 is 1.23 bits per heavy atom. The van der Waals surface area contributed by atoms with Crippen molar-refractivity contribution in [1.82, 2.24) is 10.2 Å². The first kappa shape index (κ1) is 18.5. The Bertz CT molecular complexity index is 730. The van der Waals surface area contributed by atoms with Crippen LogP contribution in [0, 0.1) is 0 Å². The van der Waals surface area contributed by atoms with E-state index in [0.717, 1.165) is 32.1 Å². The number of nitrogens with zero attached hydrogens (tertiary/aromatic N) is 1. The Labute approximate surface area is 157 Å². The van der Waals surface area contributed by atoms with Crippen molar-refractivity contribution in [2.75, 3.05) is 7.05 Å². The second-order valence-electron chi connectivity index (χ2n) is 6.82. The number of ether oxygens (including phenoxy) is 1. The summed E-state index contributed by atoms with van der Waals surface area (Å²) in [5.74, 6) is -1.64. The van der Waals surface area contributed by atoms with Gasteiger partial charge in [0.05, 0.1) is 6.42 Å². The van der Waals surface area contributed by atoms with Crippen LogP contribution in [-0.2, 0) is 24.5 Å². The molecule has 1 unspecified atom stereocenters. The van der Waals surface area contributed by atoms with Crippen molar-refractivity contribution in [3.8, 4) is 0 Å². The van der Waals surface area contributed by atoms with Crippen LogP contribution in [0.25, 0.3) is 0 Å². The molecule has 1 aliphatic carbocycles. The van der Waals surface area contributed by atoms with Crippen molar-refractivity contribution in [1.29, 1.82) is 0 Å². The minimum Gasteiger partial charge on any atom is -0.462 e. The average molecular weight is 374 g/mol. The molecule has 0 aromatic heterocycles. The van der Waals surface area contributed by atoms with Crippen molar-refractivity contribution in [2.24, 2.45) is 0 Å². The molecule has 1 N–H and O–H groups in total. The van der Waals surface area contributed by atoms with E-state index < -0.39 is 23.2 Å². The van der Waals surface area contributed by atoms with E-state index in [9.17, 15) is 14.4 Å². The first-order valence-electron chi connectivity index (χ1n) is 8.84. The number of hydrogen-bond donors (Lipinski definition) is 1.